The summed E-state index contributed by atoms with van der Waals surface area (Å²) in [4.78, 5) is 23.3. The lowest BCUT2D eigenvalue weighted by Crippen LogP contribution is -2.22. The number of hydrogen-bond acceptors (Lipinski definition) is 4. The van der Waals surface area contributed by atoms with E-state index >= 15 is 0 Å². The van der Waals surface area contributed by atoms with E-state index in [0.717, 1.165) is 30.3 Å². The number of benzene rings is 1. The molecular formula is C17H20N4O. The highest BCUT2D eigenvalue weighted by atomic mass is 16.1. The highest BCUT2D eigenvalue weighted by Crippen LogP contribution is 2.18. The molecule has 0 saturated carbocycles. The molecule has 5 nitrogen and oxygen atoms in total. The molecule has 114 valence electrons. The van der Waals surface area contributed by atoms with Gasteiger partial charge in [-0.1, -0.05) is 17.7 Å². The van der Waals surface area contributed by atoms with Crippen molar-refractivity contribution < 1.29 is 4.79 Å². The predicted molar refractivity (Wildman–Crippen MR) is 87.3 cm³/mol. The van der Waals surface area contributed by atoms with Gasteiger partial charge in [0.1, 0.15) is 0 Å². The molecule has 1 aromatic heterocycles. The van der Waals surface area contributed by atoms with Gasteiger partial charge in [-0.3, -0.25) is 4.79 Å². The molecule has 2 heterocycles. The normalized spacial score (nSPS) is 14.2. The predicted octanol–water partition coefficient (Wildman–Crippen LogP) is 2.95. The molecule has 2 aromatic rings. The molecule has 0 unspecified atom stereocenters. The van der Waals surface area contributed by atoms with E-state index in [1.807, 2.05) is 38.1 Å². The van der Waals surface area contributed by atoms with Gasteiger partial charge in [0.2, 0.25) is 5.95 Å². The maximum absolute atomic E-state index is 12.3. The van der Waals surface area contributed by atoms with Crippen LogP contribution < -0.4 is 10.2 Å². The number of nitrogens with one attached hydrogen (secondary N) is 1. The number of aryl methyl sites for hydroxylation is 2. The molecule has 22 heavy (non-hydrogen) atoms. The van der Waals surface area contributed by atoms with Crippen LogP contribution in [-0.4, -0.2) is 29.0 Å². The maximum atomic E-state index is 12.3. The smallest absolute Gasteiger partial charge is 0.259 e. The zero-order chi connectivity index (χ0) is 15.5. The van der Waals surface area contributed by atoms with Crippen molar-refractivity contribution in [3.63, 3.8) is 0 Å². The fourth-order valence-electron chi connectivity index (χ4n) is 2.58. The Balaban J connectivity index is 1.76. The molecule has 1 aliphatic heterocycles. The number of carbonyl (C=O) groups excluding carboxylic acids is 1. The number of rotatable bonds is 3. The van der Waals surface area contributed by atoms with E-state index in [1.165, 1.54) is 12.8 Å². The summed E-state index contributed by atoms with van der Waals surface area (Å²) in [6.07, 6.45) is 3.98. The first-order chi connectivity index (χ1) is 10.6. The third kappa shape index (κ3) is 3.08. The van der Waals surface area contributed by atoms with Crippen LogP contribution in [-0.2, 0) is 0 Å². The molecule has 1 aromatic carbocycles. The maximum Gasteiger partial charge on any atom is 0.259 e. The Morgan fingerprint density at radius 2 is 1.82 bits per heavy atom. The Bertz CT molecular complexity index is 676. The van der Waals surface area contributed by atoms with Gasteiger partial charge < -0.3 is 10.2 Å². The summed E-state index contributed by atoms with van der Waals surface area (Å²) in [5, 5.41) is 2.88. The highest BCUT2D eigenvalue weighted by Gasteiger charge is 2.17. The zero-order valence-corrected chi connectivity index (χ0v) is 13.0. The number of aromatic nitrogens is 2. The molecule has 1 saturated heterocycles. The van der Waals surface area contributed by atoms with Gasteiger partial charge in [0.25, 0.3) is 5.91 Å². The number of anilines is 2. The van der Waals surface area contributed by atoms with Crippen LogP contribution in [0.1, 0.15) is 34.5 Å². The second-order valence-electron chi connectivity index (χ2n) is 5.68. The van der Waals surface area contributed by atoms with Crippen LogP contribution in [0, 0.1) is 13.8 Å². The molecule has 0 aliphatic carbocycles. The average Bonchev–Trinajstić information content (AvgIpc) is 3.03. The summed E-state index contributed by atoms with van der Waals surface area (Å²) in [5.41, 5.74) is 3.16. The lowest BCUT2D eigenvalue weighted by Gasteiger charge is -2.16. The summed E-state index contributed by atoms with van der Waals surface area (Å²) in [7, 11) is 0. The molecule has 1 aliphatic rings. The van der Waals surface area contributed by atoms with Gasteiger partial charge in [-0.2, -0.15) is 0 Å². The standard InChI is InChI=1S/C17H20N4O/c1-12-5-7-14(8-6-12)20-16(22)15-11-18-17(19-13(15)2)21-9-3-4-10-21/h5-8,11H,3-4,9-10H2,1-2H3,(H,20,22). The van der Waals surface area contributed by atoms with Gasteiger partial charge >= 0.3 is 0 Å². The SMILES string of the molecule is Cc1ccc(NC(=O)c2cnc(N3CCCC3)nc2C)cc1. The van der Waals surface area contributed by atoms with Crippen molar-refractivity contribution >= 4 is 17.5 Å². The number of hydrogen-bond donors (Lipinski definition) is 1. The number of amides is 1. The van der Waals surface area contributed by atoms with E-state index in [0.29, 0.717) is 11.3 Å². The van der Waals surface area contributed by atoms with Gasteiger partial charge in [-0.15, -0.1) is 0 Å². The largest absolute Gasteiger partial charge is 0.341 e. The molecule has 0 spiro atoms. The van der Waals surface area contributed by atoms with Gasteiger partial charge in [-0.25, -0.2) is 9.97 Å². The Labute approximate surface area is 130 Å². The summed E-state index contributed by atoms with van der Waals surface area (Å²) in [6.45, 7) is 5.86. The van der Waals surface area contributed by atoms with Crippen LogP contribution in [0.5, 0.6) is 0 Å². The average molecular weight is 296 g/mol. The minimum atomic E-state index is -0.172. The fraction of sp³-hybridized carbons (Fsp3) is 0.353. The second kappa shape index (κ2) is 6.13. The molecule has 0 bridgehead atoms. The Morgan fingerprint density at radius 3 is 2.45 bits per heavy atom. The monoisotopic (exact) mass is 296 g/mol. The summed E-state index contributed by atoms with van der Waals surface area (Å²) >= 11 is 0. The summed E-state index contributed by atoms with van der Waals surface area (Å²) in [5.74, 6) is 0.552. The lowest BCUT2D eigenvalue weighted by atomic mass is 10.2. The van der Waals surface area contributed by atoms with E-state index in [9.17, 15) is 4.79 Å². The molecule has 0 radical (unpaired) electrons. The molecule has 5 heteroatoms. The van der Waals surface area contributed by atoms with Gasteiger partial charge in [-0.05, 0) is 38.8 Å². The quantitative estimate of drug-likeness (QED) is 0.946. The van der Waals surface area contributed by atoms with Crippen molar-refractivity contribution in [3.05, 3.63) is 47.3 Å². The molecule has 0 atom stereocenters. The lowest BCUT2D eigenvalue weighted by molar-refractivity contribution is 0.102. The molecule has 1 amide bonds. The number of carbonyl (C=O) groups is 1. The van der Waals surface area contributed by atoms with Crippen molar-refractivity contribution in [1.29, 1.82) is 0 Å². The first-order valence-electron chi connectivity index (χ1n) is 7.60. The van der Waals surface area contributed by atoms with E-state index in [4.69, 9.17) is 0 Å². The van der Waals surface area contributed by atoms with Crippen LogP contribution in [0.2, 0.25) is 0 Å². The van der Waals surface area contributed by atoms with E-state index in [1.54, 1.807) is 6.20 Å². The zero-order valence-electron chi connectivity index (χ0n) is 13.0. The minimum Gasteiger partial charge on any atom is -0.341 e. The van der Waals surface area contributed by atoms with E-state index in [-0.39, 0.29) is 5.91 Å². The number of nitrogens with zero attached hydrogens (tertiary/aromatic N) is 3. The Kier molecular flexibility index (Phi) is 4.04. The summed E-state index contributed by atoms with van der Waals surface area (Å²) in [6, 6.07) is 7.72. The minimum absolute atomic E-state index is 0.172. The Morgan fingerprint density at radius 1 is 1.14 bits per heavy atom. The fourth-order valence-corrected chi connectivity index (χ4v) is 2.58. The van der Waals surface area contributed by atoms with Gasteiger partial charge in [0, 0.05) is 25.0 Å². The first-order valence-corrected chi connectivity index (χ1v) is 7.60. The van der Waals surface area contributed by atoms with Gasteiger partial charge in [0.05, 0.1) is 11.3 Å². The van der Waals surface area contributed by atoms with Crippen LogP contribution in [0.3, 0.4) is 0 Å². The van der Waals surface area contributed by atoms with E-state index < -0.39 is 0 Å². The first kappa shape index (κ1) is 14.5. The third-order valence-electron chi connectivity index (χ3n) is 3.91. The topological polar surface area (TPSA) is 58.1 Å². The third-order valence-corrected chi connectivity index (χ3v) is 3.91. The van der Waals surface area contributed by atoms with E-state index in [2.05, 4.69) is 20.2 Å². The molecular weight excluding hydrogens is 276 g/mol. The molecule has 1 fully saturated rings. The van der Waals surface area contributed by atoms with Crippen LogP contribution >= 0.6 is 0 Å². The van der Waals surface area contributed by atoms with Crippen molar-refractivity contribution in [1.82, 2.24) is 9.97 Å². The van der Waals surface area contributed by atoms with Crippen LogP contribution in [0.25, 0.3) is 0 Å². The van der Waals surface area contributed by atoms with Crippen molar-refractivity contribution in [2.24, 2.45) is 0 Å². The van der Waals surface area contributed by atoms with Crippen molar-refractivity contribution in [2.75, 3.05) is 23.3 Å². The molecule has 3 rings (SSSR count). The van der Waals surface area contributed by atoms with Crippen molar-refractivity contribution in [2.45, 2.75) is 26.7 Å². The highest BCUT2D eigenvalue weighted by molar-refractivity contribution is 6.04. The molecule has 1 N–H and O–H groups in total. The van der Waals surface area contributed by atoms with Crippen molar-refractivity contribution in [3.8, 4) is 0 Å². The summed E-state index contributed by atoms with van der Waals surface area (Å²) < 4.78 is 0. The Hall–Kier alpha value is -2.43. The van der Waals surface area contributed by atoms with Gasteiger partial charge in [0.15, 0.2) is 0 Å². The van der Waals surface area contributed by atoms with Crippen LogP contribution in [0.4, 0.5) is 11.6 Å². The van der Waals surface area contributed by atoms with Crippen LogP contribution in [0.15, 0.2) is 30.5 Å². The second-order valence-corrected chi connectivity index (χ2v) is 5.68.